The number of hydrogen-bond acceptors (Lipinski definition) is 5. The number of nitrogens with zero attached hydrogens (tertiary/aromatic N) is 1. The molecule has 27 heavy (non-hydrogen) atoms. The SMILES string of the molecule is COc1ccc(C=C(C#N)S(=O)(=O)c2ccc(C)cc2)cc1OCC(C)C. The minimum Gasteiger partial charge on any atom is -0.493 e. The second-order valence-corrected chi connectivity index (χ2v) is 8.47. The van der Waals surface area contributed by atoms with Crippen LogP contribution < -0.4 is 9.47 Å². The Morgan fingerprint density at radius 2 is 1.81 bits per heavy atom. The van der Waals surface area contributed by atoms with Gasteiger partial charge in [0.05, 0.1) is 18.6 Å². The minimum atomic E-state index is -3.89. The molecule has 0 spiro atoms. The van der Waals surface area contributed by atoms with Gasteiger partial charge in [0.15, 0.2) is 11.5 Å². The fraction of sp³-hybridized carbons (Fsp3) is 0.286. The molecule has 142 valence electrons. The van der Waals surface area contributed by atoms with Crippen molar-refractivity contribution >= 4 is 15.9 Å². The molecular weight excluding hydrogens is 362 g/mol. The molecule has 0 heterocycles. The Labute approximate surface area is 160 Å². The van der Waals surface area contributed by atoms with Gasteiger partial charge in [-0.15, -0.1) is 0 Å². The number of benzene rings is 2. The van der Waals surface area contributed by atoms with Gasteiger partial charge in [0.1, 0.15) is 11.0 Å². The topological polar surface area (TPSA) is 76.4 Å². The molecule has 0 bridgehead atoms. The summed E-state index contributed by atoms with van der Waals surface area (Å²) >= 11 is 0. The normalized spacial score (nSPS) is 11.9. The molecule has 2 rings (SSSR count). The van der Waals surface area contributed by atoms with Crippen molar-refractivity contribution in [2.45, 2.75) is 25.7 Å². The number of nitriles is 1. The molecule has 0 atom stereocenters. The second-order valence-electron chi connectivity index (χ2n) is 6.55. The summed E-state index contributed by atoms with van der Waals surface area (Å²) in [6.45, 7) is 6.42. The summed E-state index contributed by atoms with van der Waals surface area (Å²) in [6.07, 6.45) is 1.34. The Bertz CT molecular complexity index is 968. The molecule has 0 fully saturated rings. The largest absolute Gasteiger partial charge is 0.493 e. The predicted molar refractivity (Wildman–Crippen MR) is 105 cm³/mol. The summed E-state index contributed by atoms with van der Waals surface area (Å²) in [5.74, 6) is 1.38. The molecular formula is C21H23NO4S. The predicted octanol–water partition coefficient (Wildman–Crippen LogP) is 4.38. The van der Waals surface area contributed by atoms with Crippen LogP contribution in [0, 0.1) is 24.2 Å². The van der Waals surface area contributed by atoms with Crippen LogP contribution in [0.5, 0.6) is 11.5 Å². The Morgan fingerprint density at radius 3 is 2.37 bits per heavy atom. The van der Waals surface area contributed by atoms with E-state index in [1.807, 2.05) is 20.8 Å². The van der Waals surface area contributed by atoms with Crippen LogP contribution in [0.4, 0.5) is 0 Å². The first kappa shape index (κ1) is 20.5. The van der Waals surface area contributed by atoms with E-state index in [0.717, 1.165) is 5.56 Å². The summed E-state index contributed by atoms with van der Waals surface area (Å²) in [4.78, 5) is -0.239. The molecule has 0 aliphatic carbocycles. The highest BCUT2D eigenvalue weighted by Gasteiger charge is 2.21. The number of hydrogen-bond donors (Lipinski definition) is 0. The molecule has 0 unspecified atom stereocenters. The Kier molecular flexibility index (Phi) is 6.65. The smallest absolute Gasteiger partial charge is 0.216 e. The molecule has 0 radical (unpaired) electrons. The summed E-state index contributed by atoms with van der Waals surface area (Å²) in [5, 5.41) is 9.43. The van der Waals surface area contributed by atoms with E-state index in [1.165, 1.54) is 25.3 Å². The zero-order chi connectivity index (χ0) is 20.0. The van der Waals surface area contributed by atoms with Gasteiger partial charge in [-0.3, -0.25) is 0 Å². The standard InChI is InChI=1S/C21H23NO4S/c1-15(2)14-26-21-12-17(7-10-20(21)25-4)11-19(13-22)27(23,24)18-8-5-16(3)6-9-18/h5-12,15H,14H2,1-4H3. The lowest BCUT2D eigenvalue weighted by Crippen LogP contribution is -2.06. The number of methoxy groups -OCH3 is 1. The summed E-state index contributed by atoms with van der Waals surface area (Å²) in [6, 6.07) is 13.3. The van der Waals surface area contributed by atoms with Crippen molar-refractivity contribution in [2.75, 3.05) is 13.7 Å². The van der Waals surface area contributed by atoms with Gasteiger partial charge in [-0.1, -0.05) is 37.6 Å². The lowest BCUT2D eigenvalue weighted by atomic mass is 10.2. The highest BCUT2D eigenvalue weighted by atomic mass is 32.2. The van der Waals surface area contributed by atoms with Gasteiger partial charge in [-0.25, -0.2) is 8.42 Å². The average molecular weight is 385 g/mol. The third-order valence-corrected chi connectivity index (χ3v) is 5.47. The monoisotopic (exact) mass is 385 g/mol. The van der Waals surface area contributed by atoms with Gasteiger partial charge >= 0.3 is 0 Å². The van der Waals surface area contributed by atoms with Crippen molar-refractivity contribution in [3.63, 3.8) is 0 Å². The van der Waals surface area contributed by atoms with Gasteiger partial charge in [-0.05, 0) is 48.7 Å². The Balaban J connectivity index is 2.43. The van der Waals surface area contributed by atoms with Crippen molar-refractivity contribution < 1.29 is 17.9 Å². The fourth-order valence-electron chi connectivity index (χ4n) is 2.32. The van der Waals surface area contributed by atoms with E-state index in [2.05, 4.69) is 0 Å². The van der Waals surface area contributed by atoms with Crippen LogP contribution in [-0.4, -0.2) is 22.1 Å². The maximum atomic E-state index is 12.8. The van der Waals surface area contributed by atoms with Crippen molar-refractivity contribution in [1.82, 2.24) is 0 Å². The number of ether oxygens (including phenoxy) is 2. The van der Waals surface area contributed by atoms with E-state index in [1.54, 1.807) is 36.4 Å². The van der Waals surface area contributed by atoms with Gasteiger partial charge in [0.2, 0.25) is 9.84 Å². The first-order valence-corrected chi connectivity index (χ1v) is 10.0. The Hall–Kier alpha value is -2.78. The molecule has 5 nitrogen and oxygen atoms in total. The summed E-state index contributed by atoms with van der Waals surface area (Å²) < 4.78 is 36.5. The third kappa shape index (κ3) is 5.11. The van der Waals surface area contributed by atoms with Gasteiger partial charge in [0, 0.05) is 0 Å². The maximum Gasteiger partial charge on any atom is 0.216 e. The maximum absolute atomic E-state index is 12.8. The molecule has 2 aromatic rings. The molecule has 0 N–H and O–H groups in total. The molecule has 0 aromatic heterocycles. The van der Waals surface area contributed by atoms with E-state index in [0.29, 0.717) is 29.6 Å². The number of sulfone groups is 1. The molecule has 0 saturated carbocycles. The van der Waals surface area contributed by atoms with Crippen LogP contribution in [-0.2, 0) is 9.84 Å². The fourth-order valence-corrected chi connectivity index (χ4v) is 3.48. The first-order chi connectivity index (χ1) is 12.8. The van der Waals surface area contributed by atoms with Crippen LogP contribution in [0.3, 0.4) is 0 Å². The molecule has 0 amide bonds. The van der Waals surface area contributed by atoms with Crippen molar-refractivity contribution in [3.05, 3.63) is 58.5 Å². The summed E-state index contributed by atoms with van der Waals surface area (Å²) in [5.41, 5.74) is 1.49. The third-order valence-electron chi connectivity index (χ3n) is 3.79. The molecule has 0 aliphatic rings. The van der Waals surface area contributed by atoms with Crippen LogP contribution >= 0.6 is 0 Å². The van der Waals surface area contributed by atoms with Crippen molar-refractivity contribution in [3.8, 4) is 17.6 Å². The van der Waals surface area contributed by atoms with Crippen LogP contribution in [0.15, 0.2) is 52.3 Å². The first-order valence-electron chi connectivity index (χ1n) is 8.52. The van der Waals surface area contributed by atoms with E-state index in [9.17, 15) is 13.7 Å². The van der Waals surface area contributed by atoms with E-state index < -0.39 is 9.84 Å². The van der Waals surface area contributed by atoms with Gasteiger partial charge < -0.3 is 9.47 Å². The summed E-state index contributed by atoms with van der Waals surface area (Å²) in [7, 11) is -2.36. The molecule has 0 aliphatic heterocycles. The average Bonchev–Trinajstić information content (AvgIpc) is 2.64. The number of aryl methyl sites for hydroxylation is 1. The zero-order valence-corrected chi connectivity index (χ0v) is 16.7. The quantitative estimate of drug-likeness (QED) is 0.661. The van der Waals surface area contributed by atoms with E-state index in [-0.39, 0.29) is 9.80 Å². The van der Waals surface area contributed by atoms with Crippen molar-refractivity contribution in [2.24, 2.45) is 5.92 Å². The molecule has 6 heteroatoms. The molecule has 2 aromatic carbocycles. The van der Waals surface area contributed by atoms with E-state index in [4.69, 9.17) is 9.47 Å². The van der Waals surface area contributed by atoms with Crippen LogP contribution in [0.1, 0.15) is 25.0 Å². The number of allylic oxidation sites excluding steroid dienone is 1. The highest BCUT2D eigenvalue weighted by Crippen LogP contribution is 2.30. The van der Waals surface area contributed by atoms with E-state index >= 15 is 0 Å². The van der Waals surface area contributed by atoms with Gasteiger partial charge in [-0.2, -0.15) is 5.26 Å². The van der Waals surface area contributed by atoms with Crippen LogP contribution in [0.2, 0.25) is 0 Å². The Morgan fingerprint density at radius 1 is 1.15 bits per heavy atom. The van der Waals surface area contributed by atoms with Gasteiger partial charge in [0.25, 0.3) is 0 Å². The minimum absolute atomic E-state index is 0.0886. The second kappa shape index (κ2) is 8.74. The lowest BCUT2D eigenvalue weighted by Gasteiger charge is -2.13. The van der Waals surface area contributed by atoms with Crippen LogP contribution in [0.25, 0.3) is 6.08 Å². The number of rotatable bonds is 7. The van der Waals surface area contributed by atoms with Crippen molar-refractivity contribution in [1.29, 1.82) is 5.26 Å². The lowest BCUT2D eigenvalue weighted by molar-refractivity contribution is 0.257. The highest BCUT2D eigenvalue weighted by molar-refractivity contribution is 7.95. The zero-order valence-electron chi connectivity index (χ0n) is 15.9. The molecule has 0 saturated heterocycles.